The first-order valence-corrected chi connectivity index (χ1v) is 11.5. The Hall–Kier alpha value is -2.38. The maximum Gasteiger partial charge on any atom is 0.274 e. The van der Waals surface area contributed by atoms with Crippen LogP contribution < -0.4 is 0 Å². The van der Waals surface area contributed by atoms with Gasteiger partial charge in [-0.25, -0.2) is 5.01 Å². The van der Waals surface area contributed by atoms with E-state index in [1.165, 1.54) is 36.4 Å². The zero-order valence-electron chi connectivity index (χ0n) is 16.9. The first-order valence-electron chi connectivity index (χ1n) is 9.97. The number of carbonyl (C=O) groups is 4. The van der Waals surface area contributed by atoms with Crippen LogP contribution in [0.25, 0.3) is 0 Å². The summed E-state index contributed by atoms with van der Waals surface area (Å²) in [6.45, 7) is -0.608. The van der Waals surface area contributed by atoms with Gasteiger partial charge >= 0.3 is 0 Å². The topological polar surface area (TPSA) is 74.8 Å². The Morgan fingerprint density at radius 2 is 1.30 bits per heavy atom. The molecule has 0 N–H and O–H groups in total. The van der Waals surface area contributed by atoms with E-state index < -0.39 is 41.9 Å². The molecule has 2 aromatic carbocycles. The second-order valence-corrected chi connectivity index (χ2v) is 9.37. The highest BCUT2D eigenvalue weighted by atomic mass is 35.5. The molecule has 1 saturated heterocycles. The van der Waals surface area contributed by atoms with Crippen molar-refractivity contribution in [3.63, 3.8) is 0 Å². The van der Waals surface area contributed by atoms with Crippen molar-refractivity contribution in [1.82, 2.24) is 10.0 Å². The van der Waals surface area contributed by atoms with Gasteiger partial charge in [-0.1, -0.05) is 58.6 Å². The van der Waals surface area contributed by atoms with Gasteiger partial charge in [-0.3, -0.25) is 19.2 Å². The van der Waals surface area contributed by atoms with Crippen LogP contribution in [0.2, 0.25) is 20.1 Å². The van der Waals surface area contributed by atoms with E-state index in [1.807, 2.05) is 12.2 Å². The summed E-state index contributed by atoms with van der Waals surface area (Å²) in [5.74, 6) is -3.63. The van der Waals surface area contributed by atoms with Gasteiger partial charge in [-0.2, -0.15) is 5.01 Å². The summed E-state index contributed by atoms with van der Waals surface area (Å²) in [5, 5.41) is 2.35. The Balaban J connectivity index is 1.73. The highest BCUT2D eigenvalue weighted by Gasteiger charge is 2.51. The molecule has 1 aliphatic carbocycles. The third kappa shape index (κ3) is 4.53. The quantitative estimate of drug-likeness (QED) is 0.294. The van der Waals surface area contributed by atoms with Crippen molar-refractivity contribution in [3.8, 4) is 0 Å². The number of halogens is 4. The van der Waals surface area contributed by atoms with Crippen LogP contribution in [-0.2, 0) is 9.59 Å². The molecule has 1 heterocycles. The van der Waals surface area contributed by atoms with Gasteiger partial charge < -0.3 is 0 Å². The molecule has 2 atom stereocenters. The monoisotopic (exact) mass is 524 g/mol. The molecule has 6 nitrogen and oxygen atoms in total. The van der Waals surface area contributed by atoms with Gasteiger partial charge in [0, 0.05) is 15.6 Å². The number of imide groups is 1. The molecule has 0 saturated carbocycles. The van der Waals surface area contributed by atoms with Gasteiger partial charge in [0.1, 0.15) is 6.54 Å². The smallest absolute Gasteiger partial charge is 0.274 e. The van der Waals surface area contributed by atoms with E-state index in [1.54, 1.807) is 0 Å². The van der Waals surface area contributed by atoms with Crippen LogP contribution in [0, 0.1) is 11.8 Å². The highest BCUT2D eigenvalue weighted by molar-refractivity contribution is 6.37. The zero-order valence-corrected chi connectivity index (χ0v) is 20.0. The Bertz CT molecular complexity index is 1190. The van der Waals surface area contributed by atoms with Gasteiger partial charge in [0.2, 0.25) is 0 Å². The molecule has 1 fully saturated rings. The maximum atomic E-state index is 13.5. The Morgan fingerprint density at radius 3 is 1.79 bits per heavy atom. The molecule has 0 aromatic heterocycles. The van der Waals surface area contributed by atoms with E-state index in [-0.39, 0.29) is 21.2 Å². The minimum absolute atomic E-state index is 0.00957. The van der Waals surface area contributed by atoms with Crippen LogP contribution in [-0.4, -0.2) is 40.1 Å². The highest BCUT2D eigenvalue weighted by Crippen LogP contribution is 2.37. The molecule has 2 aliphatic rings. The van der Waals surface area contributed by atoms with Crippen LogP contribution in [0.5, 0.6) is 0 Å². The van der Waals surface area contributed by atoms with Crippen LogP contribution in [0.15, 0.2) is 48.6 Å². The first kappa shape index (κ1) is 23.8. The second kappa shape index (κ2) is 9.47. The molecule has 1 aliphatic heterocycles. The lowest BCUT2D eigenvalue weighted by Crippen LogP contribution is -2.52. The van der Waals surface area contributed by atoms with E-state index in [4.69, 9.17) is 46.4 Å². The Kier molecular flexibility index (Phi) is 6.82. The number of amides is 3. The first-order chi connectivity index (χ1) is 15.7. The average Bonchev–Trinajstić information content (AvgIpc) is 3.02. The predicted octanol–water partition coefficient (Wildman–Crippen LogP) is 5.49. The largest absolute Gasteiger partial charge is 0.292 e. The van der Waals surface area contributed by atoms with E-state index in [9.17, 15) is 19.2 Å². The molecule has 3 amide bonds. The fraction of sp³-hybridized carbons (Fsp3) is 0.217. The molecule has 0 bridgehead atoms. The van der Waals surface area contributed by atoms with Crippen LogP contribution in [0.4, 0.5) is 0 Å². The number of hydrogen-bond acceptors (Lipinski definition) is 4. The van der Waals surface area contributed by atoms with E-state index in [0.29, 0.717) is 22.9 Å². The molecule has 10 heteroatoms. The Morgan fingerprint density at radius 1 is 0.818 bits per heavy atom. The van der Waals surface area contributed by atoms with E-state index in [2.05, 4.69) is 0 Å². The number of allylic oxidation sites excluding steroid dienone is 2. The Labute approximate surface area is 209 Å². The maximum absolute atomic E-state index is 13.5. The number of rotatable bonds is 5. The zero-order chi connectivity index (χ0) is 23.9. The number of benzene rings is 2. The minimum atomic E-state index is -0.789. The van der Waals surface area contributed by atoms with Crippen LogP contribution >= 0.6 is 46.4 Å². The lowest BCUT2D eigenvalue weighted by molar-refractivity contribution is -0.154. The molecule has 0 unspecified atom stereocenters. The summed E-state index contributed by atoms with van der Waals surface area (Å²) in [6, 6.07) is 8.49. The number of ketones is 1. The molecule has 0 spiro atoms. The fourth-order valence-corrected chi connectivity index (χ4v) is 5.00. The number of Topliss-reactive ketones (excluding diaryl/α,β-unsaturated/α-hetero) is 1. The van der Waals surface area contributed by atoms with Crippen molar-refractivity contribution in [3.05, 3.63) is 79.8 Å². The lowest BCUT2D eigenvalue weighted by atomic mass is 9.85. The van der Waals surface area contributed by atoms with Crippen molar-refractivity contribution in [2.45, 2.75) is 12.8 Å². The van der Waals surface area contributed by atoms with Crippen molar-refractivity contribution in [2.24, 2.45) is 11.8 Å². The predicted molar refractivity (Wildman–Crippen MR) is 125 cm³/mol. The van der Waals surface area contributed by atoms with Gasteiger partial charge in [-0.05, 0) is 49.2 Å². The molecule has 33 heavy (non-hydrogen) atoms. The summed E-state index contributed by atoms with van der Waals surface area (Å²) in [7, 11) is 0. The van der Waals surface area contributed by atoms with Crippen molar-refractivity contribution in [2.75, 3.05) is 6.54 Å². The van der Waals surface area contributed by atoms with E-state index >= 15 is 0 Å². The van der Waals surface area contributed by atoms with Crippen molar-refractivity contribution >= 4 is 69.9 Å². The number of nitrogens with zero attached hydrogens (tertiary/aromatic N) is 2. The summed E-state index contributed by atoms with van der Waals surface area (Å²) in [5.41, 5.74) is 0.0870. The fourth-order valence-electron chi connectivity index (χ4n) is 3.99. The number of fused-ring (bicyclic) bond motifs is 1. The third-order valence-electron chi connectivity index (χ3n) is 5.65. The van der Waals surface area contributed by atoms with Crippen molar-refractivity contribution < 1.29 is 19.2 Å². The molecule has 2 aromatic rings. The van der Waals surface area contributed by atoms with Gasteiger partial charge in [-0.15, -0.1) is 0 Å². The third-order valence-corrected chi connectivity index (χ3v) is 6.74. The number of hydrogen-bond donors (Lipinski definition) is 0. The number of carbonyl (C=O) groups excluding carboxylic acids is 4. The van der Waals surface area contributed by atoms with Gasteiger partial charge in [0.05, 0.1) is 27.4 Å². The summed E-state index contributed by atoms with van der Waals surface area (Å²) >= 11 is 24.2. The van der Waals surface area contributed by atoms with Gasteiger partial charge in [0.25, 0.3) is 17.7 Å². The second-order valence-electron chi connectivity index (χ2n) is 7.68. The van der Waals surface area contributed by atoms with Gasteiger partial charge in [0.15, 0.2) is 5.78 Å². The minimum Gasteiger partial charge on any atom is -0.292 e. The number of hydrazine groups is 1. The molecular weight excluding hydrogens is 510 g/mol. The normalized spacial score (nSPS) is 19.6. The van der Waals surface area contributed by atoms with E-state index in [0.717, 1.165) is 10.0 Å². The lowest BCUT2D eigenvalue weighted by Gasteiger charge is -2.30. The molecular formula is C23H16Cl4N2O4. The molecule has 0 radical (unpaired) electrons. The summed E-state index contributed by atoms with van der Waals surface area (Å²) in [4.78, 5) is 52.9. The molecule has 170 valence electrons. The van der Waals surface area contributed by atoms with Crippen LogP contribution in [0.1, 0.15) is 33.6 Å². The SMILES string of the molecule is O=C(CN(C(=O)c1ccc(Cl)cc1Cl)N1C(=O)[C@@H]2CC=CC[C@H]2C1=O)c1ccc(Cl)cc1Cl. The van der Waals surface area contributed by atoms with Crippen LogP contribution in [0.3, 0.4) is 0 Å². The summed E-state index contributed by atoms with van der Waals surface area (Å²) in [6.07, 6.45) is 4.42. The standard InChI is InChI=1S/C23H16Cl4N2O4/c24-12-5-7-16(18(26)9-12)20(30)11-28(21(31)17-8-6-13(25)10-19(17)27)29-22(32)14-3-1-2-4-15(14)23(29)33/h1-2,5-10,14-15H,3-4,11H2/t14-,15-/m1/s1. The summed E-state index contributed by atoms with van der Waals surface area (Å²) < 4.78 is 0. The van der Waals surface area contributed by atoms with Crippen molar-refractivity contribution in [1.29, 1.82) is 0 Å². The molecule has 4 rings (SSSR count). The average molecular weight is 526 g/mol.